The molecule has 2 aromatic carbocycles. The summed E-state index contributed by atoms with van der Waals surface area (Å²) in [5, 5.41) is 18.7. The molecule has 0 fully saturated rings. The van der Waals surface area contributed by atoms with Crippen molar-refractivity contribution in [3.8, 4) is 17.0 Å². The zero-order chi connectivity index (χ0) is 20.5. The number of hydrogen-bond donors (Lipinski definition) is 2. The van der Waals surface area contributed by atoms with Crippen LogP contribution in [0, 0.1) is 5.82 Å². The van der Waals surface area contributed by atoms with Crippen molar-refractivity contribution in [2.24, 2.45) is 0 Å². The highest BCUT2D eigenvalue weighted by molar-refractivity contribution is 7.90. The predicted molar refractivity (Wildman–Crippen MR) is 100 cm³/mol. The fraction of sp³-hybridized carbons (Fsp3) is 0.105. The number of halogens is 1. The molecule has 146 valence electrons. The minimum atomic E-state index is -4.17. The fourth-order valence-corrected chi connectivity index (χ4v) is 4.18. The van der Waals surface area contributed by atoms with Gasteiger partial charge in [0.1, 0.15) is 11.6 Å². The van der Waals surface area contributed by atoms with Gasteiger partial charge in [0.15, 0.2) is 0 Å². The van der Waals surface area contributed by atoms with Crippen LogP contribution in [-0.4, -0.2) is 40.6 Å². The molecule has 7 nitrogen and oxygen atoms in total. The third-order valence-electron chi connectivity index (χ3n) is 4.11. The van der Waals surface area contributed by atoms with Gasteiger partial charge in [0.05, 0.1) is 17.1 Å². The molecule has 0 unspecified atom stereocenters. The Morgan fingerprint density at radius 1 is 1.14 bits per heavy atom. The first-order chi connectivity index (χ1) is 13.2. The Balaban J connectivity index is 2.20. The van der Waals surface area contributed by atoms with Gasteiger partial charge in [0.2, 0.25) is 0 Å². The summed E-state index contributed by atoms with van der Waals surface area (Å²) in [5.41, 5.74) is 0.470. The van der Waals surface area contributed by atoms with E-state index in [2.05, 4.69) is 0 Å². The highest BCUT2D eigenvalue weighted by Gasteiger charge is 2.24. The number of aromatic nitrogens is 1. The average molecular weight is 404 g/mol. The number of carboxylic acid groups (broad SMARTS) is 1. The molecule has 2 N–H and O–H groups in total. The Kier molecular flexibility index (Phi) is 5.10. The second kappa shape index (κ2) is 7.35. The van der Waals surface area contributed by atoms with E-state index in [9.17, 15) is 22.7 Å². The van der Waals surface area contributed by atoms with E-state index in [1.807, 2.05) is 0 Å². The summed E-state index contributed by atoms with van der Waals surface area (Å²) < 4.78 is 41.5. The predicted octanol–water partition coefficient (Wildman–Crippen LogP) is 3.35. The van der Waals surface area contributed by atoms with Crippen molar-refractivity contribution in [1.29, 1.82) is 0 Å². The summed E-state index contributed by atoms with van der Waals surface area (Å²) in [5.74, 6) is -0.849. The van der Waals surface area contributed by atoms with Crippen LogP contribution in [0.25, 0.3) is 11.3 Å². The lowest BCUT2D eigenvalue weighted by Gasteiger charge is -2.12. The second-order valence-corrected chi connectivity index (χ2v) is 7.97. The molecule has 0 saturated heterocycles. The number of aromatic hydroxyl groups is 1. The van der Waals surface area contributed by atoms with Crippen LogP contribution in [0.15, 0.2) is 65.7 Å². The monoisotopic (exact) mass is 404 g/mol. The van der Waals surface area contributed by atoms with Gasteiger partial charge < -0.3 is 15.1 Å². The van der Waals surface area contributed by atoms with Crippen LogP contribution < -0.4 is 0 Å². The molecule has 0 atom stereocenters. The molecular formula is C19H17FN2O5S. The topological polar surface area (TPSA) is 99.8 Å². The van der Waals surface area contributed by atoms with Crippen molar-refractivity contribution in [2.45, 2.75) is 11.4 Å². The molecular weight excluding hydrogens is 387 g/mol. The molecule has 0 bridgehead atoms. The summed E-state index contributed by atoms with van der Waals surface area (Å²) in [6.45, 7) is -0.0840. The SMILES string of the molecule is CN(Cc1cc(-c2ccccc2F)n(S(=O)(=O)c2cccc(O)c2)c1)C(=O)O. The smallest absolute Gasteiger partial charge is 0.407 e. The molecule has 3 rings (SSSR count). The maximum Gasteiger partial charge on any atom is 0.407 e. The molecule has 0 spiro atoms. The van der Waals surface area contributed by atoms with Gasteiger partial charge in [-0.2, -0.15) is 0 Å². The Morgan fingerprint density at radius 2 is 1.86 bits per heavy atom. The molecule has 0 aliphatic heterocycles. The fourth-order valence-electron chi connectivity index (χ4n) is 2.75. The summed E-state index contributed by atoms with van der Waals surface area (Å²) in [4.78, 5) is 11.9. The molecule has 1 amide bonds. The molecule has 28 heavy (non-hydrogen) atoms. The number of hydrogen-bond acceptors (Lipinski definition) is 4. The van der Waals surface area contributed by atoms with E-state index < -0.39 is 21.9 Å². The van der Waals surface area contributed by atoms with Gasteiger partial charge in [-0.25, -0.2) is 21.6 Å². The number of carbonyl (C=O) groups is 1. The number of phenolic OH excluding ortho intramolecular Hbond substituents is 1. The maximum atomic E-state index is 14.4. The lowest BCUT2D eigenvalue weighted by Crippen LogP contribution is -2.23. The second-order valence-electron chi connectivity index (χ2n) is 6.15. The van der Waals surface area contributed by atoms with E-state index in [1.54, 1.807) is 6.07 Å². The van der Waals surface area contributed by atoms with Crippen LogP contribution >= 0.6 is 0 Å². The van der Waals surface area contributed by atoms with Crippen LogP contribution in [-0.2, 0) is 16.6 Å². The van der Waals surface area contributed by atoms with E-state index in [0.717, 1.165) is 14.9 Å². The highest BCUT2D eigenvalue weighted by Crippen LogP contribution is 2.30. The molecule has 0 radical (unpaired) electrons. The molecule has 9 heteroatoms. The summed E-state index contributed by atoms with van der Waals surface area (Å²) in [7, 11) is -2.83. The van der Waals surface area contributed by atoms with Crippen LogP contribution in [0.2, 0.25) is 0 Å². The van der Waals surface area contributed by atoms with Crippen molar-refractivity contribution >= 4 is 16.1 Å². The molecule has 3 aromatic rings. The van der Waals surface area contributed by atoms with E-state index in [0.29, 0.717) is 5.56 Å². The van der Waals surface area contributed by atoms with Crippen LogP contribution in [0.3, 0.4) is 0 Å². The first kappa shape index (κ1) is 19.4. The first-order valence-electron chi connectivity index (χ1n) is 8.15. The number of rotatable bonds is 5. The first-order valence-corrected chi connectivity index (χ1v) is 9.59. The van der Waals surface area contributed by atoms with Crippen molar-refractivity contribution in [2.75, 3.05) is 7.05 Å². The summed E-state index contributed by atoms with van der Waals surface area (Å²) in [6, 6.07) is 12.2. The van der Waals surface area contributed by atoms with Crippen molar-refractivity contribution in [3.05, 3.63) is 72.2 Å². The quantitative estimate of drug-likeness (QED) is 0.679. The van der Waals surface area contributed by atoms with Crippen molar-refractivity contribution in [1.82, 2.24) is 8.87 Å². The van der Waals surface area contributed by atoms with Crippen molar-refractivity contribution in [3.63, 3.8) is 0 Å². The van der Waals surface area contributed by atoms with E-state index in [1.165, 1.54) is 55.7 Å². The van der Waals surface area contributed by atoms with Gasteiger partial charge in [0, 0.05) is 24.9 Å². The zero-order valence-electron chi connectivity index (χ0n) is 14.8. The van der Waals surface area contributed by atoms with Gasteiger partial charge in [-0.3, -0.25) is 0 Å². The van der Waals surface area contributed by atoms with Gasteiger partial charge in [-0.05, 0) is 35.9 Å². The Morgan fingerprint density at radius 3 is 2.50 bits per heavy atom. The molecule has 0 saturated carbocycles. The van der Waals surface area contributed by atoms with E-state index >= 15 is 0 Å². The molecule has 1 aromatic heterocycles. The molecule has 1 heterocycles. The van der Waals surface area contributed by atoms with Gasteiger partial charge in [-0.15, -0.1) is 0 Å². The Labute approximate surface area is 160 Å². The largest absolute Gasteiger partial charge is 0.508 e. The average Bonchev–Trinajstić information content (AvgIpc) is 3.06. The van der Waals surface area contributed by atoms with Crippen molar-refractivity contribution < 1.29 is 27.8 Å². The standard InChI is InChI=1S/C19H17FN2O5S/c1-21(19(24)25)11-13-9-18(16-7-2-3-8-17(16)20)22(12-13)28(26,27)15-6-4-5-14(23)10-15/h2-10,12,23H,11H2,1H3,(H,24,25). The minimum Gasteiger partial charge on any atom is -0.508 e. The normalized spacial score (nSPS) is 11.4. The number of amides is 1. The maximum absolute atomic E-state index is 14.4. The Bertz CT molecular complexity index is 1140. The number of nitrogens with zero attached hydrogens (tertiary/aromatic N) is 2. The van der Waals surface area contributed by atoms with Crippen LogP contribution in [0.5, 0.6) is 5.75 Å². The minimum absolute atomic E-state index is 0.0511. The third kappa shape index (κ3) is 3.70. The highest BCUT2D eigenvalue weighted by atomic mass is 32.2. The zero-order valence-corrected chi connectivity index (χ0v) is 15.6. The van der Waals surface area contributed by atoms with Gasteiger partial charge >= 0.3 is 6.09 Å². The Hall–Kier alpha value is -3.33. The molecule has 0 aliphatic carbocycles. The summed E-state index contributed by atoms with van der Waals surface area (Å²) >= 11 is 0. The number of phenols is 1. The molecule has 0 aliphatic rings. The summed E-state index contributed by atoms with van der Waals surface area (Å²) in [6.07, 6.45) is 0.0664. The number of benzene rings is 2. The van der Waals surface area contributed by atoms with Crippen LogP contribution in [0.1, 0.15) is 5.56 Å². The lowest BCUT2D eigenvalue weighted by atomic mass is 10.1. The van der Waals surface area contributed by atoms with E-state index in [-0.39, 0.29) is 28.4 Å². The third-order valence-corrected chi connectivity index (χ3v) is 5.78. The lowest BCUT2D eigenvalue weighted by molar-refractivity contribution is 0.154. The van der Waals surface area contributed by atoms with Gasteiger partial charge in [0.25, 0.3) is 10.0 Å². The van der Waals surface area contributed by atoms with Gasteiger partial charge in [-0.1, -0.05) is 18.2 Å². The van der Waals surface area contributed by atoms with E-state index in [4.69, 9.17) is 5.11 Å². The van der Waals surface area contributed by atoms with Crippen LogP contribution in [0.4, 0.5) is 9.18 Å².